The van der Waals surface area contributed by atoms with Gasteiger partial charge in [0.25, 0.3) is 0 Å². The van der Waals surface area contributed by atoms with E-state index >= 15 is 0 Å². The van der Waals surface area contributed by atoms with E-state index in [2.05, 4.69) is 15.2 Å². The summed E-state index contributed by atoms with van der Waals surface area (Å²) >= 11 is 0. The molecule has 24 heavy (non-hydrogen) atoms. The van der Waals surface area contributed by atoms with Crippen molar-refractivity contribution in [2.75, 3.05) is 26.7 Å². The molecule has 6 heteroatoms. The maximum atomic E-state index is 12.6. The van der Waals surface area contributed by atoms with Gasteiger partial charge in [-0.2, -0.15) is 13.2 Å². The number of likely N-dealkylation sites (tertiary alicyclic amines) is 1. The molecule has 1 saturated carbocycles. The van der Waals surface area contributed by atoms with Crippen LogP contribution < -0.4 is 5.32 Å². The Labute approximate surface area is 141 Å². The van der Waals surface area contributed by atoms with Gasteiger partial charge >= 0.3 is 6.18 Å². The number of nitrogens with zero attached hydrogens (tertiary/aromatic N) is 2. The van der Waals surface area contributed by atoms with Crippen LogP contribution in [0.1, 0.15) is 36.8 Å². The second-order valence-corrected chi connectivity index (χ2v) is 6.94. The highest BCUT2D eigenvalue weighted by Crippen LogP contribution is 2.47. The molecule has 2 aliphatic rings. The smallest absolute Gasteiger partial charge is 0.356 e. The molecule has 1 N–H and O–H groups in total. The Bertz CT molecular complexity index is 589. The third kappa shape index (κ3) is 3.68. The third-order valence-electron chi connectivity index (χ3n) is 5.34. The van der Waals surface area contributed by atoms with Crippen LogP contribution in [0.25, 0.3) is 0 Å². The fraction of sp³-hybridized carbons (Fsp3) is 0.611. The standard InChI is InChI=1S/C18H24F3N3/c1-22-16(24-12-10-17(13-24)8-2-9-17)23-11-7-14-3-5-15(6-4-14)18(19,20)21/h3-6H,2,7-13H2,1H3,(H,22,23). The number of alkyl halides is 3. The molecule has 3 nitrogen and oxygen atoms in total. The van der Waals surface area contributed by atoms with Gasteiger partial charge in [0.1, 0.15) is 0 Å². The quantitative estimate of drug-likeness (QED) is 0.672. The monoisotopic (exact) mass is 339 g/mol. The van der Waals surface area contributed by atoms with Gasteiger partial charge in [-0.1, -0.05) is 18.6 Å². The van der Waals surface area contributed by atoms with E-state index in [-0.39, 0.29) is 0 Å². The average molecular weight is 339 g/mol. The Kier molecular flexibility index (Phi) is 4.74. The average Bonchev–Trinajstić information content (AvgIpc) is 2.97. The number of aliphatic imine (C=N–C) groups is 1. The van der Waals surface area contributed by atoms with E-state index in [1.54, 1.807) is 19.2 Å². The molecule has 0 bridgehead atoms. The molecule has 1 spiro atoms. The first-order chi connectivity index (χ1) is 11.4. The van der Waals surface area contributed by atoms with Crippen molar-refractivity contribution in [3.63, 3.8) is 0 Å². The van der Waals surface area contributed by atoms with Gasteiger partial charge < -0.3 is 10.2 Å². The molecule has 0 amide bonds. The molecule has 1 heterocycles. The lowest BCUT2D eigenvalue weighted by Gasteiger charge is -2.38. The number of rotatable bonds is 3. The van der Waals surface area contributed by atoms with Crippen LogP contribution in [0.2, 0.25) is 0 Å². The number of benzene rings is 1. The predicted octanol–water partition coefficient (Wildman–Crippen LogP) is 3.70. The lowest BCUT2D eigenvalue weighted by atomic mass is 9.68. The Balaban J connectivity index is 1.48. The van der Waals surface area contributed by atoms with Gasteiger partial charge in [-0.25, -0.2) is 0 Å². The third-order valence-corrected chi connectivity index (χ3v) is 5.34. The van der Waals surface area contributed by atoms with Gasteiger partial charge in [-0.05, 0) is 48.8 Å². The van der Waals surface area contributed by atoms with E-state index in [1.165, 1.54) is 25.7 Å². The molecule has 1 saturated heterocycles. The van der Waals surface area contributed by atoms with E-state index in [0.29, 0.717) is 18.4 Å². The number of halogens is 3. The molecule has 1 aromatic carbocycles. The molecule has 1 aromatic rings. The first-order valence-corrected chi connectivity index (χ1v) is 8.54. The Hall–Kier alpha value is -1.72. The summed E-state index contributed by atoms with van der Waals surface area (Å²) in [4.78, 5) is 6.67. The van der Waals surface area contributed by atoms with Gasteiger partial charge in [0, 0.05) is 26.7 Å². The largest absolute Gasteiger partial charge is 0.416 e. The summed E-state index contributed by atoms with van der Waals surface area (Å²) < 4.78 is 37.7. The van der Waals surface area contributed by atoms with E-state index in [9.17, 15) is 13.2 Å². The molecule has 0 aromatic heterocycles. The van der Waals surface area contributed by atoms with Crippen LogP contribution in [0, 0.1) is 5.41 Å². The first kappa shape index (κ1) is 17.1. The summed E-state index contributed by atoms with van der Waals surface area (Å²) in [6.45, 7) is 2.79. The minimum Gasteiger partial charge on any atom is -0.356 e. The van der Waals surface area contributed by atoms with Crippen LogP contribution >= 0.6 is 0 Å². The van der Waals surface area contributed by atoms with Gasteiger partial charge in [-0.15, -0.1) is 0 Å². The molecule has 3 rings (SSSR count). The molecule has 2 fully saturated rings. The zero-order chi connectivity index (χ0) is 17.2. The lowest BCUT2D eigenvalue weighted by Crippen LogP contribution is -2.43. The van der Waals surface area contributed by atoms with Crippen molar-refractivity contribution in [1.82, 2.24) is 10.2 Å². The van der Waals surface area contributed by atoms with Crippen LogP contribution in [-0.2, 0) is 12.6 Å². The minimum absolute atomic E-state index is 0.519. The maximum Gasteiger partial charge on any atom is 0.416 e. The Morgan fingerprint density at radius 2 is 1.92 bits per heavy atom. The van der Waals surface area contributed by atoms with Crippen molar-refractivity contribution in [2.24, 2.45) is 10.4 Å². The number of guanidine groups is 1. The van der Waals surface area contributed by atoms with Crippen LogP contribution in [0.5, 0.6) is 0 Å². The second-order valence-electron chi connectivity index (χ2n) is 6.94. The van der Waals surface area contributed by atoms with Crippen molar-refractivity contribution in [3.8, 4) is 0 Å². The molecule has 0 unspecified atom stereocenters. The first-order valence-electron chi connectivity index (χ1n) is 8.54. The summed E-state index contributed by atoms with van der Waals surface area (Å²) in [6.07, 6.45) is 1.64. The SMILES string of the molecule is CN=C(NCCc1ccc(C(F)(F)F)cc1)N1CCC2(CCC2)C1. The fourth-order valence-corrected chi connectivity index (χ4v) is 3.71. The molecule has 132 valence electrons. The highest BCUT2D eigenvalue weighted by Gasteiger charge is 2.43. The summed E-state index contributed by atoms with van der Waals surface area (Å²) in [5.74, 6) is 0.908. The number of hydrogen-bond donors (Lipinski definition) is 1. The van der Waals surface area contributed by atoms with E-state index < -0.39 is 11.7 Å². The van der Waals surface area contributed by atoms with Crippen LogP contribution in [0.15, 0.2) is 29.3 Å². The molecular weight excluding hydrogens is 315 g/mol. The number of hydrogen-bond acceptors (Lipinski definition) is 1. The molecule has 0 atom stereocenters. The van der Waals surface area contributed by atoms with Crippen molar-refractivity contribution < 1.29 is 13.2 Å². The Morgan fingerprint density at radius 3 is 2.42 bits per heavy atom. The van der Waals surface area contributed by atoms with Gasteiger partial charge in [0.15, 0.2) is 5.96 Å². The second kappa shape index (κ2) is 6.65. The van der Waals surface area contributed by atoms with Gasteiger partial charge in [0.2, 0.25) is 0 Å². The predicted molar refractivity (Wildman–Crippen MR) is 89.0 cm³/mol. The summed E-state index contributed by atoms with van der Waals surface area (Å²) in [5, 5.41) is 3.34. The van der Waals surface area contributed by atoms with E-state index in [4.69, 9.17) is 0 Å². The summed E-state index contributed by atoms with van der Waals surface area (Å²) in [5.41, 5.74) is 0.811. The van der Waals surface area contributed by atoms with Crippen molar-refractivity contribution in [1.29, 1.82) is 0 Å². The van der Waals surface area contributed by atoms with Crippen LogP contribution in [-0.4, -0.2) is 37.5 Å². The van der Waals surface area contributed by atoms with E-state index in [0.717, 1.165) is 36.7 Å². The normalized spacial score (nSPS) is 20.3. The lowest BCUT2D eigenvalue weighted by molar-refractivity contribution is -0.137. The highest BCUT2D eigenvalue weighted by atomic mass is 19.4. The summed E-state index contributed by atoms with van der Waals surface area (Å²) in [7, 11) is 1.78. The highest BCUT2D eigenvalue weighted by molar-refractivity contribution is 5.80. The van der Waals surface area contributed by atoms with Crippen molar-refractivity contribution in [3.05, 3.63) is 35.4 Å². The zero-order valence-corrected chi connectivity index (χ0v) is 14.0. The number of nitrogens with one attached hydrogen (secondary N) is 1. The Morgan fingerprint density at radius 1 is 1.21 bits per heavy atom. The minimum atomic E-state index is -4.27. The molecule has 1 aliphatic heterocycles. The van der Waals surface area contributed by atoms with Gasteiger partial charge in [-0.3, -0.25) is 4.99 Å². The van der Waals surface area contributed by atoms with Crippen molar-refractivity contribution in [2.45, 2.75) is 38.3 Å². The topological polar surface area (TPSA) is 27.6 Å². The molecular formula is C18H24F3N3. The zero-order valence-electron chi connectivity index (χ0n) is 14.0. The van der Waals surface area contributed by atoms with Crippen LogP contribution in [0.4, 0.5) is 13.2 Å². The molecule has 0 radical (unpaired) electrons. The fourth-order valence-electron chi connectivity index (χ4n) is 3.71. The van der Waals surface area contributed by atoms with Gasteiger partial charge in [0.05, 0.1) is 5.56 Å². The van der Waals surface area contributed by atoms with Crippen molar-refractivity contribution >= 4 is 5.96 Å². The van der Waals surface area contributed by atoms with E-state index in [1.807, 2.05) is 0 Å². The summed E-state index contributed by atoms with van der Waals surface area (Å²) in [6, 6.07) is 5.38. The van der Waals surface area contributed by atoms with Crippen LogP contribution in [0.3, 0.4) is 0 Å². The molecule has 1 aliphatic carbocycles. The maximum absolute atomic E-state index is 12.6.